The number of aliphatic hydroxyl groups excluding tert-OH is 1. The van der Waals surface area contributed by atoms with E-state index in [1.54, 1.807) is 24.0 Å². The van der Waals surface area contributed by atoms with Crippen LogP contribution in [0.2, 0.25) is 0 Å². The average molecular weight is 572 g/mol. The summed E-state index contributed by atoms with van der Waals surface area (Å²) in [6, 6.07) is 20.0. The van der Waals surface area contributed by atoms with Crippen LogP contribution in [0.3, 0.4) is 0 Å². The Bertz CT molecular complexity index is 1410. The normalized spacial score (nSPS) is 22.6. The number of piperidine rings is 1. The lowest BCUT2D eigenvalue weighted by atomic mass is 9.83. The van der Waals surface area contributed by atoms with Gasteiger partial charge in [-0.2, -0.15) is 0 Å². The molecule has 42 heavy (non-hydrogen) atoms. The lowest BCUT2D eigenvalue weighted by Crippen LogP contribution is -2.46. The molecule has 3 aromatic rings. The number of halogens is 1. The summed E-state index contributed by atoms with van der Waals surface area (Å²) < 4.78 is 15.0. The molecule has 0 bridgehead atoms. The van der Waals surface area contributed by atoms with Crippen molar-refractivity contribution < 1.29 is 19.1 Å². The lowest BCUT2D eigenvalue weighted by Gasteiger charge is -2.41. The van der Waals surface area contributed by atoms with E-state index in [4.69, 9.17) is 0 Å². The predicted octanol–water partition coefficient (Wildman–Crippen LogP) is 6.99. The highest BCUT2D eigenvalue weighted by Gasteiger charge is 2.40. The Kier molecular flexibility index (Phi) is 8.69. The van der Waals surface area contributed by atoms with Crippen LogP contribution >= 0.6 is 0 Å². The van der Waals surface area contributed by atoms with Gasteiger partial charge in [-0.05, 0) is 91.5 Å². The highest BCUT2D eigenvalue weighted by Crippen LogP contribution is 2.39. The van der Waals surface area contributed by atoms with Gasteiger partial charge >= 0.3 is 0 Å². The number of aliphatic hydroxyl groups is 1. The standard InChI is InChI=1S/C35H42FN3O3/c1-22-8-5-12-30(36)31(22)34(42)39-19-7-11-29(33(41)38-26-10-6-9-24(20-26)35(2,3)4)32(39)23-13-15-25(16-14-23)37-27-17-18-28(40)21-27/h5-6,8-10,12-16,20,27-29,32,37,40H,7,11,17-19,21H2,1-4H3,(H,38,41)/t27?,28?,29?,32-/m0/s1. The van der Waals surface area contributed by atoms with Crippen molar-refractivity contribution in [2.45, 2.75) is 83.4 Å². The highest BCUT2D eigenvalue weighted by atomic mass is 19.1. The number of carbonyl (C=O) groups excluding carboxylic acids is 2. The van der Waals surface area contributed by atoms with E-state index in [2.05, 4.69) is 37.5 Å². The largest absolute Gasteiger partial charge is 0.393 e. The Morgan fingerprint density at radius 2 is 1.69 bits per heavy atom. The Morgan fingerprint density at radius 3 is 2.36 bits per heavy atom. The number of benzene rings is 3. The first-order chi connectivity index (χ1) is 20.0. The molecule has 5 rings (SSSR count). The minimum absolute atomic E-state index is 0.0551. The van der Waals surface area contributed by atoms with E-state index >= 15 is 0 Å². The number of amides is 2. The fourth-order valence-electron chi connectivity index (χ4n) is 6.36. The molecule has 4 atom stereocenters. The van der Waals surface area contributed by atoms with Crippen molar-refractivity contribution in [3.05, 3.63) is 94.8 Å². The van der Waals surface area contributed by atoms with Crippen LogP contribution in [0.4, 0.5) is 15.8 Å². The third kappa shape index (κ3) is 6.51. The van der Waals surface area contributed by atoms with Gasteiger partial charge in [-0.3, -0.25) is 9.59 Å². The summed E-state index contributed by atoms with van der Waals surface area (Å²) in [7, 11) is 0. The number of likely N-dealkylation sites (tertiary alicyclic amines) is 1. The molecular formula is C35H42FN3O3. The van der Waals surface area contributed by atoms with Crippen LogP contribution in [-0.4, -0.2) is 40.5 Å². The minimum atomic E-state index is -0.557. The van der Waals surface area contributed by atoms with Crippen molar-refractivity contribution in [2.24, 2.45) is 5.92 Å². The molecule has 0 radical (unpaired) electrons. The predicted molar refractivity (Wildman–Crippen MR) is 165 cm³/mol. The molecule has 1 aliphatic heterocycles. The van der Waals surface area contributed by atoms with Gasteiger partial charge in [0.25, 0.3) is 5.91 Å². The number of nitrogens with one attached hydrogen (secondary N) is 2. The second-order valence-corrected chi connectivity index (χ2v) is 12.9. The summed E-state index contributed by atoms with van der Waals surface area (Å²) in [6.07, 6.45) is 3.39. The summed E-state index contributed by atoms with van der Waals surface area (Å²) in [5.74, 6) is -1.62. The SMILES string of the molecule is Cc1cccc(F)c1C(=O)N1CCCC(C(=O)Nc2cccc(C(C)(C)C)c2)[C@@H]1c1ccc(NC2CCC(O)C2)cc1. The van der Waals surface area contributed by atoms with E-state index in [0.29, 0.717) is 31.4 Å². The van der Waals surface area contributed by atoms with Gasteiger partial charge in [0.15, 0.2) is 0 Å². The van der Waals surface area contributed by atoms with E-state index in [9.17, 15) is 19.1 Å². The summed E-state index contributed by atoms with van der Waals surface area (Å²) in [5, 5.41) is 16.5. The average Bonchev–Trinajstić information content (AvgIpc) is 3.36. The van der Waals surface area contributed by atoms with Crippen LogP contribution in [0, 0.1) is 18.7 Å². The smallest absolute Gasteiger partial charge is 0.257 e. The van der Waals surface area contributed by atoms with E-state index in [0.717, 1.165) is 35.3 Å². The molecule has 3 unspecified atom stereocenters. The number of anilines is 2. The first kappa shape index (κ1) is 29.8. The van der Waals surface area contributed by atoms with E-state index in [1.807, 2.05) is 42.5 Å². The summed E-state index contributed by atoms with van der Waals surface area (Å²) in [5.41, 5.74) is 4.15. The molecule has 222 valence electrons. The third-order valence-corrected chi connectivity index (χ3v) is 8.69. The van der Waals surface area contributed by atoms with Crippen LogP contribution in [0.25, 0.3) is 0 Å². The van der Waals surface area contributed by atoms with Crippen molar-refractivity contribution in [1.29, 1.82) is 0 Å². The molecule has 1 aliphatic carbocycles. The molecule has 2 aliphatic rings. The number of aryl methyl sites for hydroxylation is 1. The summed E-state index contributed by atoms with van der Waals surface area (Å²) >= 11 is 0. The molecule has 0 aromatic heterocycles. The zero-order valence-electron chi connectivity index (χ0n) is 25.0. The minimum Gasteiger partial charge on any atom is -0.393 e. The molecule has 1 saturated carbocycles. The quantitative estimate of drug-likeness (QED) is 0.298. The monoisotopic (exact) mass is 571 g/mol. The molecule has 0 spiro atoms. The Balaban J connectivity index is 1.46. The van der Waals surface area contributed by atoms with E-state index in [-0.39, 0.29) is 29.0 Å². The molecule has 1 heterocycles. The van der Waals surface area contributed by atoms with Gasteiger partial charge in [0.1, 0.15) is 5.82 Å². The first-order valence-corrected chi connectivity index (χ1v) is 15.0. The van der Waals surface area contributed by atoms with Gasteiger partial charge in [-0.1, -0.05) is 57.2 Å². The second-order valence-electron chi connectivity index (χ2n) is 12.9. The summed E-state index contributed by atoms with van der Waals surface area (Å²) in [6.45, 7) is 8.56. The molecule has 3 N–H and O–H groups in total. The van der Waals surface area contributed by atoms with Crippen molar-refractivity contribution >= 4 is 23.2 Å². The number of carbonyl (C=O) groups is 2. The van der Waals surface area contributed by atoms with Crippen LogP contribution < -0.4 is 10.6 Å². The second kappa shape index (κ2) is 12.3. The molecule has 3 aromatic carbocycles. The number of rotatable bonds is 6. The van der Waals surface area contributed by atoms with Gasteiger partial charge in [-0.15, -0.1) is 0 Å². The maximum absolute atomic E-state index is 15.0. The maximum Gasteiger partial charge on any atom is 0.257 e. The summed E-state index contributed by atoms with van der Waals surface area (Å²) in [4.78, 5) is 29.6. The first-order valence-electron chi connectivity index (χ1n) is 15.0. The lowest BCUT2D eigenvalue weighted by molar-refractivity contribution is -0.123. The fourth-order valence-corrected chi connectivity index (χ4v) is 6.36. The number of nitrogens with zero attached hydrogens (tertiary/aromatic N) is 1. The van der Waals surface area contributed by atoms with Crippen LogP contribution in [0.5, 0.6) is 0 Å². The number of hydrogen-bond donors (Lipinski definition) is 3. The Morgan fingerprint density at radius 1 is 0.952 bits per heavy atom. The zero-order chi connectivity index (χ0) is 30.0. The van der Waals surface area contributed by atoms with Crippen LogP contribution in [0.15, 0.2) is 66.7 Å². The van der Waals surface area contributed by atoms with Gasteiger partial charge < -0.3 is 20.6 Å². The van der Waals surface area contributed by atoms with E-state index in [1.165, 1.54) is 6.07 Å². The van der Waals surface area contributed by atoms with Crippen molar-refractivity contribution in [1.82, 2.24) is 4.90 Å². The molecular weight excluding hydrogens is 529 g/mol. The highest BCUT2D eigenvalue weighted by molar-refractivity contribution is 5.98. The Hall–Kier alpha value is -3.71. The molecule has 2 fully saturated rings. The van der Waals surface area contributed by atoms with Crippen LogP contribution in [0.1, 0.15) is 86.0 Å². The van der Waals surface area contributed by atoms with Crippen LogP contribution in [-0.2, 0) is 10.2 Å². The molecule has 2 amide bonds. The van der Waals surface area contributed by atoms with Gasteiger partial charge in [0, 0.05) is 24.0 Å². The third-order valence-electron chi connectivity index (χ3n) is 8.69. The maximum atomic E-state index is 15.0. The molecule has 1 saturated heterocycles. The Labute approximate surface area is 248 Å². The van der Waals surface area contributed by atoms with Gasteiger partial charge in [-0.25, -0.2) is 4.39 Å². The topological polar surface area (TPSA) is 81.7 Å². The van der Waals surface area contributed by atoms with Crippen molar-refractivity contribution in [2.75, 3.05) is 17.2 Å². The number of hydrogen-bond acceptors (Lipinski definition) is 4. The van der Waals surface area contributed by atoms with Gasteiger partial charge in [0.05, 0.1) is 23.6 Å². The van der Waals surface area contributed by atoms with Gasteiger partial charge in [0.2, 0.25) is 5.91 Å². The van der Waals surface area contributed by atoms with E-state index < -0.39 is 23.7 Å². The van der Waals surface area contributed by atoms with Crippen molar-refractivity contribution in [3.8, 4) is 0 Å². The molecule has 7 heteroatoms. The molecule has 6 nitrogen and oxygen atoms in total. The zero-order valence-corrected chi connectivity index (χ0v) is 25.0. The fraction of sp³-hybridized carbons (Fsp3) is 0.429. The van der Waals surface area contributed by atoms with Crippen molar-refractivity contribution in [3.63, 3.8) is 0 Å².